The van der Waals surface area contributed by atoms with Crippen LogP contribution in [0.1, 0.15) is 25.1 Å². The summed E-state index contributed by atoms with van der Waals surface area (Å²) in [5.41, 5.74) is 1.35. The highest BCUT2D eigenvalue weighted by molar-refractivity contribution is 5.40. The van der Waals surface area contributed by atoms with Gasteiger partial charge in [0, 0.05) is 0 Å². The van der Waals surface area contributed by atoms with E-state index in [1.807, 2.05) is 12.1 Å². The van der Waals surface area contributed by atoms with Crippen LogP contribution in [-0.4, -0.2) is 25.1 Å². The Kier molecular flexibility index (Phi) is 2.23. The number of hydrogen-bond donors (Lipinski definition) is 0. The lowest BCUT2D eigenvalue weighted by molar-refractivity contribution is -0.944. The van der Waals surface area contributed by atoms with Crippen LogP contribution in [0.5, 0.6) is 5.75 Å². The lowest BCUT2D eigenvalue weighted by Gasteiger charge is -2.43. The van der Waals surface area contributed by atoms with Crippen LogP contribution in [0.2, 0.25) is 0 Å². The first-order valence-electron chi connectivity index (χ1n) is 5.23. The SMILES string of the molecule is CCC[N+](C)(C)C1Oc2ccccc21. The van der Waals surface area contributed by atoms with Gasteiger partial charge in [-0.1, -0.05) is 19.1 Å². The maximum absolute atomic E-state index is 5.77. The quantitative estimate of drug-likeness (QED) is 0.669. The number of rotatable bonds is 3. The summed E-state index contributed by atoms with van der Waals surface area (Å²) in [5.74, 6) is 1.06. The van der Waals surface area contributed by atoms with Gasteiger partial charge in [-0.2, -0.15) is 0 Å². The average Bonchev–Trinajstić information content (AvgIpc) is 2.06. The predicted molar refractivity (Wildman–Crippen MR) is 57.1 cm³/mol. The van der Waals surface area contributed by atoms with Gasteiger partial charge in [-0.05, 0) is 18.6 Å². The molecule has 0 spiro atoms. The highest BCUT2D eigenvalue weighted by atomic mass is 16.5. The summed E-state index contributed by atoms with van der Waals surface area (Å²) in [5, 5.41) is 0. The van der Waals surface area contributed by atoms with Gasteiger partial charge in [0.1, 0.15) is 5.75 Å². The van der Waals surface area contributed by atoms with E-state index in [0.29, 0.717) is 0 Å². The van der Waals surface area contributed by atoms with E-state index in [1.54, 1.807) is 0 Å². The number of fused-ring (bicyclic) bond motifs is 1. The summed E-state index contributed by atoms with van der Waals surface area (Å²) in [6.45, 7) is 3.36. The molecule has 1 aromatic carbocycles. The van der Waals surface area contributed by atoms with E-state index in [1.165, 1.54) is 12.0 Å². The normalized spacial score (nSPS) is 19.5. The summed E-state index contributed by atoms with van der Waals surface area (Å²) in [4.78, 5) is 0. The fraction of sp³-hybridized carbons (Fsp3) is 0.500. The Hall–Kier alpha value is -1.02. The van der Waals surface area contributed by atoms with Gasteiger partial charge in [0.15, 0.2) is 0 Å². The van der Waals surface area contributed by atoms with Crippen molar-refractivity contribution in [3.8, 4) is 5.75 Å². The van der Waals surface area contributed by atoms with Crippen molar-refractivity contribution in [1.29, 1.82) is 0 Å². The second-order valence-corrected chi connectivity index (χ2v) is 4.51. The molecule has 0 saturated carbocycles. The second kappa shape index (κ2) is 3.28. The highest BCUT2D eigenvalue weighted by Gasteiger charge is 2.40. The van der Waals surface area contributed by atoms with Gasteiger partial charge in [-0.3, -0.25) is 4.48 Å². The number of quaternary nitrogens is 1. The van der Waals surface area contributed by atoms with Crippen LogP contribution in [0.4, 0.5) is 0 Å². The van der Waals surface area contributed by atoms with Gasteiger partial charge in [0.05, 0.1) is 26.2 Å². The van der Waals surface area contributed by atoms with Gasteiger partial charge in [-0.25, -0.2) is 0 Å². The molecule has 1 unspecified atom stereocenters. The molecule has 0 aliphatic carbocycles. The number of ether oxygens (including phenoxy) is 1. The average molecular weight is 192 g/mol. The summed E-state index contributed by atoms with van der Waals surface area (Å²) in [6, 6.07) is 8.31. The topological polar surface area (TPSA) is 9.23 Å². The number of nitrogens with zero attached hydrogens (tertiary/aromatic N) is 1. The molecule has 14 heavy (non-hydrogen) atoms. The third-order valence-electron chi connectivity index (χ3n) is 2.86. The van der Waals surface area contributed by atoms with Gasteiger partial charge in [-0.15, -0.1) is 0 Å². The Bertz CT molecular complexity index is 333. The van der Waals surface area contributed by atoms with Crippen molar-refractivity contribution in [2.45, 2.75) is 19.6 Å². The Balaban J connectivity index is 2.18. The van der Waals surface area contributed by atoms with Crippen molar-refractivity contribution in [3.63, 3.8) is 0 Å². The maximum Gasteiger partial charge on any atom is 0.263 e. The molecule has 2 nitrogen and oxygen atoms in total. The first-order valence-corrected chi connectivity index (χ1v) is 5.23. The molecule has 0 bridgehead atoms. The molecular weight excluding hydrogens is 174 g/mol. The molecule has 2 rings (SSSR count). The van der Waals surface area contributed by atoms with Crippen molar-refractivity contribution < 1.29 is 9.22 Å². The van der Waals surface area contributed by atoms with Gasteiger partial charge in [0.2, 0.25) is 0 Å². The predicted octanol–water partition coefficient (Wildman–Crippen LogP) is 2.56. The molecule has 1 aromatic rings. The molecule has 0 amide bonds. The number of para-hydroxylation sites is 1. The molecule has 1 aliphatic heterocycles. The largest absolute Gasteiger partial charge is 0.438 e. The zero-order valence-corrected chi connectivity index (χ0v) is 9.16. The molecule has 0 N–H and O–H groups in total. The van der Waals surface area contributed by atoms with Crippen molar-refractivity contribution in [2.75, 3.05) is 20.6 Å². The Morgan fingerprint density at radius 1 is 1.29 bits per heavy atom. The molecular formula is C12H18NO+. The van der Waals surface area contributed by atoms with E-state index in [-0.39, 0.29) is 6.23 Å². The smallest absolute Gasteiger partial charge is 0.263 e. The minimum Gasteiger partial charge on any atom is -0.438 e. The van der Waals surface area contributed by atoms with E-state index in [4.69, 9.17) is 4.74 Å². The van der Waals surface area contributed by atoms with Gasteiger partial charge < -0.3 is 4.74 Å². The lowest BCUT2D eigenvalue weighted by atomic mass is 10.1. The molecule has 76 valence electrons. The fourth-order valence-electron chi connectivity index (χ4n) is 2.13. The third kappa shape index (κ3) is 1.40. The molecule has 0 aromatic heterocycles. The first-order chi connectivity index (χ1) is 6.65. The summed E-state index contributed by atoms with van der Waals surface area (Å²) >= 11 is 0. The van der Waals surface area contributed by atoms with Crippen LogP contribution in [0.25, 0.3) is 0 Å². The van der Waals surface area contributed by atoms with Gasteiger partial charge in [0.25, 0.3) is 6.23 Å². The molecule has 1 aliphatic rings. The van der Waals surface area contributed by atoms with Gasteiger partial charge >= 0.3 is 0 Å². The van der Waals surface area contributed by atoms with Crippen LogP contribution < -0.4 is 4.74 Å². The first kappa shape index (κ1) is 9.53. The highest BCUT2D eigenvalue weighted by Crippen LogP contribution is 2.42. The Labute approximate surface area is 85.7 Å². The van der Waals surface area contributed by atoms with E-state index >= 15 is 0 Å². The Morgan fingerprint density at radius 3 is 2.64 bits per heavy atom. The zero-order valence-electron chi connectivity index (χ0n) is 9.16. The number of benzene rings is 1. The minimum atomic E-state index is 0.242. The molecule has 0 saturated heterocycles. The molecule has 0 radical (unpaired) electrons. The summed E-state index contributed by atoms with van der Waals surface area (Å²) in [7, 11) is 4.45. The standard InChI is InChI=1S/C12H18NO/c1-4-9-13(2,3)12-10-7-5-6-8-11(10)14-12/h5-8,12H,4,9H2,1-3H3/q+1. The van der Waals surface area contributed by atoms with E-state index < -0.39 is 0 Å². The molecule has 0 fully saturated rings. The van der Waals surface area contributed by atoms with E-state index in [2.05, 4.69) is 33.2 Å². The minimum absolute atomic E-state index is 0.242. The molecule has 1 atom stereocenters. The van der Waals surface area contributed by atoms with Crippen LogP contribution in [0, 0.1) is 0 Å². The summed E-state index contributed by atoms with van der Waals surface area (Å²) < 4.78 is 6.70. The number of hydrogen-bond acceptors (Lipinski definition) is 1. The van der Waals surface area contributed by atoms with Crippen molar-refractivity contribution >= 4 is 0 Å². The van der Waals surface area contributed by atoms with Crippen molar-refractivity contribution in [2.24, 2.45) is 0 Å². The zero-order chi connectivity index (χ0) is 10.2. The van der Waals surface area contributed by atoms with Crippen LogP contribution >= 0.6 is 0 Å². The van der Waals surface area contributed by atoms with E-state index in [0.717, 1.165) is 16.8 Å². The Morgan fingerprint density at radius 2 is 2.00 bits per heavy atom. The maximum atomic E-state index is 5.77. The van der Waals surface area contributed by atoms with E-state index in [9.17, 15) is 0 Å². The van der Waals surface area contributed by atoms with Crippen molar-refractivity contribution in [1.82, 2.24) is 0 Å². The summed E-state index contributed by atoms with van der Waals surface area (Å²) in [6.07, 6.45) is 1.43. The fourth-order valence-corrected chi connectivity index (χ4v) is 2.13. The molecule has 1 heterocycles. The van der Waals surface area contributed by atoms with Crippen LogP contribution in [0.3, 0.4) is 0 Å². The third-order valence-corrected chi connectivity index (χ3v) is 2.86. The van der Waals surface area contributed by atoms with Crippen LogP contribution in [0.15, 0.2) is 24.3 Å². The molecule has 2 heteroatoms. The van der Waals surface area contributed by atoms with Crippen molar-refractivity contribution in [3.05, 3.63) is 29.8 Å². The second-order valence-electron chi connectivity index (χ2n) is 4.51. The lowest BCUT2D eigenvalue weighted by Crippen LogP contribution is -2.49. The monoisotopic (exact) mass is 192 g/mol. The van der Waals surface area contributed by atoms with Crippen LogP contribution in [-0.2, 0) is 0 Å².